The summed E-state index contributed by atoms with van der Waals surface area (Å²) in [6, 6.07) is 0. The van der Waals surface area contributed by atoms with Crippen molar-refractivity contribution in [1.82, 2.24) is 4.90 Å². The van der Waals surface area contributed by atoms with E-state index in [4.69, 9.17) is 9.47 Å². The van der Waals surface area contributed by atoms with E-state index in [2.05, 4.69) is 11.5 Å². The van der Waals surface area contributed by atoms with Crippen molar-refractivity contribution in [3.63, 3.8) is 0 Å². The lowest BCUT2D eigenvalue weighted by atomic mass is 10.4. The number of methoxy groups -OCH3 is 1. The third-order valence-electron chi connectivity index (χ3n) is 1.30. The molecule has 0 fully saturated rings. The first-order valence-electron chi connectivity index (χ1n) is 4.04. The molecule has 0 aromatic rings. The van der Waals surface area contributed by atoms with Crippen LogP contribution in [0.4, 0.5) is 0 Å². The van der Waals surface area contributed by atoms with Gasteiger partial charge in [0.2, 0.25) is 0 Å². The van der Waals surface area contributed by atoms with Gasteiger partial charge in [0.15, 0.2) is 0 Å². The van der Waals surface area contributed by atoms with Gasteiger partial charge in [0.25, 0.3) is 0 Å². The minimum atomic E-state index is 0.169. The summed E-state index contributed by atoms with van der Waals surface area (Å²) in [5, 5.41) is 0. The molecule has 3 heteroatoms. The topological polar surface area (TPSA) is 21.7 Å². The van der Waals surface area contributed by atoms with Crippen molar-refractivity contribution in [3.8, 4) is 0 Å². The molecule has 1 unspecified atom stereocenters. The number of nitrogens with zero attached hydrogens (tertiary/aromatic N) is 1. The zero-order chi connectivity index (χ0) is 9.56. The summed E-state index contributed by atoms with van der Waals surface area (Å²) in [7, 11) is 5.66. The molecule has 3 nitrogen and oxygen atoms in total. The van der Waals surface area contributed by atoms with Crippen LogP contribution in [0.1, 0.15) is 6.92 Å². The lowest BCUT2D eigenvalue weighted by Crippen LogP contribution is -2.26. The van der Waals surface area contributed by atoms with Crippen LogP contribution in [0.2, 0.25) is 0 Å². The van der Waals surface area contributed by atoms with E-state index in [-0.39, 0.29) is 6.10 Å². The van der Waals surface area contributed by atoms with Gasteiger partial charge in [-0.15, -0.1) is 0 Å². The normalized spacial score (nSPS) is 13.1. The quantitative estimate of drug-likeness (QED) is 0.562. The van der Waals surface area contributed by atoms with Gasteiger partial charge >= 0.3 is 0 Å². The number of hydrogen-bond donors (Lipinski definition) is 0. The Morgan fingerprint density at radius 3 is 2.50 bits per heavy atom. The average Bonchev–Trinajstić information content (AvgIpc) is 1.84. The van der Waals surface area contributed by atoms with Crippen LogP contribution in [0.15, 0.2) is 12.3 Å². The molecule has 1 atom stereocenters. The first-order valence-corrected chi connectivity index (χ1v) is 4.04. The fourth-order valence-electron chi connectivity index (χ4n) is 1.03. The zero-order valence-electron chi connectivity index (χ0n) is 8.46. The summed E-state index contributed by atoms with van der Waals surface area (Å²) in [5.74, 6) is 0.687. The highest BCUT2D eigenvalue weighted by Gasteiger charge is 2.05. The van der Waals surface area contributed by atoms with Gasteiger partial charge in [-0.2, -0.15) is 0 Å². The summed E-state index contributed by atoms with van der Waals surface area (Å²) in [6.45, 7) is 7.10. The second-order valence-electron chi connectivity index (χ2n) is 3.16. The first-order chi connectivity index (χ1) is 5.56. The first kappa shape index (κ1) is 11.5. The summed E-state index contributed by atoms with van der Waals surface area (Å²) >= 11 is 0. The van der Waals surface area contributed by atoms with Gasteiger partial charge in [-0.1, -0.05) is 6.58 Å². The second kappa shape index (κ2) is 6.03. The van der Waals surface area contributed by atoms with E-state index in [9.17, 15) is 0 Å². The summed E-state index contributed by atoms with van der Waals surface area (Å²) in [6.07, 6.45) is 0.169. The van der Waals surface area contributed by atoms with Crippen LogP contribution >= 0.6 is 0 Å². The minimum Gasteiger partial charge on any atom is -0.492 e. The van der Waals surface area contributed by atoms with E-state index < -0.39 is 0 Å². The highest BCUT2D eigenvalue weighted by atomic mass is 16.5. The van der Waals surface area contributed by atoms with Crippen LogP contribution in [0, 0.1) is 0 Å². The molecule has 0 aliphatic rings. The molecule has 0 spiro atoms. The predicted molar refractivity (Wildman–Crippen MR) is 50.1 cm³/mol. The summed E-state index contributed by atoms with van der Waals surface area (Å²) in [4.78, 5) is 2.07. The maximum absolute atomic E-state index is 5.44. The monoisotopic (exact) mass is 173 g/mol. The van der Waals surface area contributed by atoms with Crippen molar-refractivity contribution in [2.45, 2.75) is 13.0 Å². The van der Waals surface area contributed by atoms with Crippen molar-refractivity contribution in [2.24, 2.45) is 0 Å². The minimum absolute atomic E-state index is 0.169. The number of rotatable bonds is 6. The van der Waals surface area contributed by atoms with Crippen LogP contribution in [-0.2, 0) is 9.47 Å². The van der Waals surface area contributed by atoms with Crippen LogP contribution in [0.5, 0.6) is 0 Å². The standard InChI is InChI=1S/C9H19NO2/c1-8(6-10(3)4)12-9(2)7-11-5/h8H,2,6-7H2,1,3-5H3. The predicted octanol–water partition coefficient (Wildman–Crippen LogP) is 1.11. The van der Waals surface area contributed by atoms with Crippen molar-refractivity contribution in [1.29, 1.82) is 0 Å². The molecule has 72 valence electrons. The lowest BCUT2D eigenvalue weighted by molar-refractivity contribution is 0.0705. The molecular weight excluding hydrogens is 154 g/mol. The van der Waals surface area contributed by atoms with Crippen LogP contribution in [0.3, 0.4) is 0 Å². The molecule has 0 radical (unpaired) electrons. The summed E-state index contributed by atoms with van der Waals surface area (Å²) in [5.41, 5.74) is 0. The Balaban J connectivity index is 3.54. The summed E-state index contributed by atoms with van der Waals surface area (Å²) < 4.78 is 10.3. The zero-order valence-corrected chi connectivity index (χ0v) is 8.46. The highest BCUT2D eigenvalue weighted by Crippen LogP contribution is 2.01. The van der Waals surface area contributed by atoms with Crippen molar-refractivity contribution in [2.75, 3.05) is 34.4 Å². The molecule has 0 aliphatic carbocycles. The van der Waals surface area contributed by atoms with E-state index in [1.807, 2.05) is 21.0 Å². The van der Waals surface area contributed by atoms with E-state index >= 15 is 0 Å². The van der Waals surface area contributed by atoms with Gasteiger partial charge < -0.3 is 14.4 Å². The smallest absolute Gasteiger partial charge is 0.115 e. The Bertz CT molecular complexity index is 134. The third kappa shape index (κ3) is 6.19. The lowest BCUT2D eigenvalue weighted by Gasteiger charge is -2.19. The second-order valence-corrected chi connectivity index (χ2v) is 3.16. The van der Waals surface area contributed by atoms with Gasteiger partial charge in [0, 0.05) is 13.7 Å². The largest absolute Gasteiger partial charge is 0.492 e. The average molecular weight is 173 g/mol. The maximum Gasteiger partial charge on any atom is 0.115 e. The van der Waals surface area contributed by atoms with Gasteiger partial charge in [-0.3, -0.25) is 0 Å². The molecule has 0 N–H and O–H groups in total. The van der Waals surface area contributed by atoms with E-state index in [0.717, 1.165) is 6.54 Å². The Labute approximate surface area is 75.0 Å². The Morgan fingerprint density at radius 2 is 2.08 bits per heavy atom. The maximum atomic E-state index is 5.44. The molecule has 0 rings (SSSR count). The molecule has 0 aromatic heterocycles. The molecule has 0 heterocycles. The molecule has 0 saturated carbocycles. The van der Waals surface area contributed by atoms with Crippen LogP contribution in [0.25, 0.3) is 0 Å². The number of ether oxygens (including phenoxy) is 2. The number of hydrogen-bond acceptors (Lipinski definition) is 3. The SMILES string of the molecule is C=C(COC)OC(C)CN(C)C. The fourth-order valence-corrected chi connectivity index (χ4v) is 1.03. The fraction of sp³-hybridized carbons (Fsp3) is 0.778. The Morgan fingerprint density at radius 1 is 1.50 bits per heavy atom. The van der Waals surface area contributed by atoms with Crippen molar-refractivity contribution in [3.05, 3.63) is 12.3 Å². The van der Waals surface area contributed by atoms with E-state index in [0.29, 0.717) is 12.4 Å². The molecule has 0 aromatic carbocycles. The highest BCUT2D eigenvalue weighted by molar-refractivity contribution is 4.83. The van der Waals surface area contributed by atoms with E-state index in [1.165, 1.54) is 0 Å². The van der Waals surface area contributed by atoms with Crippen molar-refractivity contribution >= 4 is 0 Å². The molecule has 0 amide bonds. The Hall–Kier alpha value is -0.540. The molecular formula is C9H19NO2. The molecule has 12 heavy (non-hydrogen) atoms. The van der Waals surface area contributed by atoms with E-state index in [1.54, 1.807) is 7.11 Å². The molecule has 0 aliphatic heterocycles. The van der Waals surface area contributed by atoms with Gasteiger partial charge in [0.05, 0.1) is 0 Å². The molecule has 0 bridgehead atoms. The van der Waals surface area contributed by atoms with Gasteiger partial charge in [-0.25, -0.2) is 0 Å². The van der Waals surface area contributed by atoms with Crippen molar-refractivity contribution < 1.29 is 9.47 Å². The third-order valence-corrected chi connectivity index (χ3v) is 1.30. The van der Waals surface area contributed by atoms with Gasteiger partial charge in [-0.05, 0) is 21.0 Å². The van der Waals surface area contributed by atoms with Crippen LogP contribution < -0.4 is 0 Å². The van der Waals surface area contributed by atoms with Gasteiger partial charge in [0.1, 0.15) is 18.5 Å². The molecule has 0 saturated heterocycles. The number of likely N-dealkylation sites (N-methyl/N-ethyl adjacent to an activating group) is 1. The van der Waals surface area contributed by atoms with Crippen LogP contribution in [-0.4, -0.2) is 45.4 Å². The Kier molecular flexibility index (Phi) is 5.76.